The number of nitriles is 1. The van der Waals surface area contributed by atoms with Crippen molar-refractivity contribution in [2.45, 2.75) is 20.8 Å². The molecule has 0 saturated heterocycles. The maximum atomic E-state index is 9.01. The number of aromatic nitrogens is 1. The average Bonchev–Trinajstić information content (AvgIpc) is 2.33. The van der Waals surface area contributed by atoms with E-state index < -0.39 is 0 Å². The molecule has 18 heavy (non-hydrogen) atoms. The predicted molar refractivity (Wildman–Crippen MR) is 72.6 cm³/mol. The van der Waals surface area contributed by atoms with Crippen LogP contribution in [0.5, 0.6) is 0 Å². The molecular formula is C14H21N3O. The molecule has 0 bridgehead atoms. The molecule has 0 spiro atoms. The smallest absolute Gasteiger partial charge is 0.130 e. The molecule has 0 aromatic carbocycles. The Kier molecular flexibility index (Phi) is 5.60. The van der Waals surface area contributed by atoms with Gasteiger partial charge in [0.2, 0.25) is 0 Å². The zero-order valence-electron chi connectivity index (χ0n) is 11.6. The SMILES string of the molecule is COCCN(CC(C)C)c1cc(C#N)cc(C)n1. The van der Waals surface area contributed by atoms with Crippen LogP contribution in [0.15, 0.2) is 12.1 Å². The zero-order chi connectivity index (χ0) is 13.5. The highest BCUT2D eigenvalue weighted by Gasteiger charge is 2.11. The molecule has 0 aliphatic heterocycles. The van der Waals surface area contributed by atoms with Gasteiger partial charge in [0.05, 0.1) is 18.2 Å². The second kappa shape index (κ2) is 6.97. The fourth-order valence-corrected chi connectivity index (χ4v) is 1.82. The molecule has 0 aliphatic rings. The Morgan fingerprint density at radius 1 is 1.44 bits per heavy atom. The van der Waals surface area contributed by atoms with Gasteiger partial charge >= 0.3 is 0 Å². The molecule has 0 unspecified atom stereocenters. The second-order valence-corrected chi connectivity index (χ2v) is 4.80. The molecular weight excluding hydrogens is 226 g/mol. The van der Waals surface area contributed by atoms with Crippen LogP contribution >= 0.6 is 0 Å². The van der Waals surface area contributed by atoms with Gasteiger partial charge < -0.3 is 9.64 Å². The lowest BCUT2D eigenvalue weighted by Gasteiger charge is -2.25. The molecule has 98 valence electrons. The molecule has 0 saturated carbocycles. The van der Waals surface area contributed by atoms with Crippen LogP contribution in [0.1, 0.15) is 25.1 Å². The number of hydrogen-bond donors (Lipinski definition) is 0. The highest BCUT2D eigenvalue weighted by atomic mass is 16.5. The molecule has 4 heteroatoms. The predicted octanol–water partition coefficient (Wildman–Crippen LogP) is 2.37. The molecule has 0 aliphatic carbocycles. The van der Waals surface area contributed by atoms with Gasteiger partial charge in [0, 0.05) is 25.9 Å². The summed E-state index contributed by atoms with van der Waals surface area (Å²) in [4.78, 5) is 6.68. The molecule has 1 aromatic rings. The standard InChI is InChI=1S/C14H21N3O/c1-11(2)10-17(5-6-18-4)14-8-13(9-15)7-12(3)16-14/h7-8,11H,5-6,10H2,1-4H3. The summed E-state index contributed by atoms with van der Waals surface area (Å²) in [5, 5.41) is 9.01. The summed E-state index contributed by atoms with van der Waals surface area (Å²) >= 11 is 0. The lowest BCUT2D eigenvalue weighted by Crippen LogP contribution is -2.31. The van der Waals surface area contributed by atoms with E-state index in [1.165, 1.54) is 0 Å². The third-order valence-corrected chi connectivity index (χ3v) is 2.54. The molecule has 0 amide bonds. The third kappa shape index (κ3) is 4.34. The van der Waals surface area contributed by atoms with Crippen molar-refractivity contribution in [1.82, 2.24) is 4.98 Å². The minimum atomic E-state index is 0.537. The van der Waals surface area contributed by atoms with Crippen molar-refractivity contribution in [3.8, 4) is 6.07 Å². The van der Waals surface area contributed by atoms with E-state index in [1.807, 2.05) is 13.0 Å². The average molecular weight is 247 g/mol. The summed E-state index contributed by atoms with van der Waals surface area (Å²) in [5.41, 5.74) is 1.53. The number of methoxy groups -OCH3 is 1. The Hall–Kier alpha value is -1.60. The van der Waals surface area contributed by atoms with Crippen molar-refractivity contribution < 1.29 is 4.74 Å². The van der Waals surface area contributed by atoms with Gasteiger partial charge in [-0.05, 0) is 25.0 Å². The number of anilines is 1. The Balaban J connectivity index is 2.96. The number of hydrogen-bond acceptors (Lipinski definition) is 4. The van der Waals surface area contributed by atoms with Gasteiger partial charge in [-0.2, -0.15) is 5.26 Å². The maximum Gasteiger partial charge on any atom is 0.130 e. The van der Waals surface area contributed by atoms with Crippen LogP contribution < -0.4 is 4.90 Å². The molecule has 0 fully saturated rings. The van der Waals surface area contributed by atoms with Crippen LogP contribution in [0.2, 0.25) is 0 Å². The van der Waals surface area contributed by atoms with Crippen molar-refractivity contribution >= 4 is 5.82 Å². The van der Waals surface area contributed by atoms with Crippen molar-refractivity contribution in [1.29, 1.82) is 5.26 Å². The first kappa shape index (κ1) is 14.5. The summed E-state index contributed by atoms with van der Waals surface area (Å²) in [6, 6.07) is 5.81. The first-order valence-electron chi connectivity index (χ1n) is 6.19. The van der Waals surface area contributed by atoms with Gasteiger partial charge in [-0.25, -0.2) is 4.98 Å². The summed E-state index contributed by atoms with van der Waals surface area (Å²) in [7, 11) is 1.69. The number of rotatable bonds is 6. The van der Waals surface area contributed by atoms with Crippen molar-refractivity contribution in [2.24, 2.45) is 5.92 Å². The largest absolute Gasteiger partial charge is 0.383 e. The summed E-state index contributed by atoms with van der Waals surface area (Å²) in [6.07, 6.45) is 0. The Bertz CT molecular complexity index is 424. The van der Waals surface area contributed by atoms with E-state index in [4.69, 9.17) is 10.00 Å². The number of aryl methyl sites for hydroxylation is 1. The van der Waals surface area contributed by atoms with Crippen LogP contribution in [0.3, 0.4) is 0 Å². The first-order chi connectivity index (χ1) is 8.56. The van der Waals surface area contributed by atoms with Gasteiger partial charge in [-0.15, -0.1) is 0 Å². The van der Waals surface area contributed by atoms with E-state index in [0.717, 1.165) is 24.6 Å². The fourth-order valence-electron chi connectivity index (χ4n) is 1.82. The highest BCUT2D eigenvalue weighted by Crippen LogP contribution is 2.16. The summed E-state index contributed by atoms with van der Waals surface area (Å²) in [6.45, 7) is 8.60. The number of nitrogens with zero attached hydrogens (tertiary/aromatic N) is 3. The Morgan fingerprint density at radius 2 is 2.17 bits per heavy atom. The van der Waals surface area contributed by atoms with E-state index >= 15 is 0 Å². The molecule has 1 heterocycles. The first-order valence-corrected chi connectivity index (χ1v) is 6.19. The van der Waals surface area contributed by atoms with E-state index in [-0.39, 0.29) is 0 Å². The van der Waals surface area contributed by atoms with E-state index in [0.29, 0.717) is 18.1 Å². The molecule has 1 aromatic heterocycles. The quantitative estimate of drug-likeness (QED) is 0.774. The summed E-state index contributed by atoms with van der Waals surface area (Å²) < 4.78 is 5.13. The monoisotopic (exact) mass is 247 g/mol. The van der Waals surface area contributed by atoms with E-state index in [9.17, 15) is 0 Å². The minimum absolute atomic E-state index is 0.537. The summed E-state index contributed by atoms with van der Waals surface area (Å²) in [5.74, 6) is 1.40. The van der Waals surface area contributed by atoms with Crippen LogP contribution in [-0.4, -0.2) is 31.8 Å². The minimum Gasteiger partial charge on any atom is -0.383 e. The van der Waals surface area contributed by atoms with Gasteiger partial charge in [-0.3, -0.25) is 0 Å². The molecule has 0 radical (unpaired) electrons. The van der Waals surface area contributed by atoms with Crippen molar-refractivity contribution in [3.05, 3.63) is 23.4 Å². The number of pyridine rings is 1. The number of ether oxygens (including phenoxy) is 1. The highest BCUT2D eigenvalue weighted by molar-refractivity contribution is 5.46. The Morgan fingerprint density at radius 3 is 2.72 bits per heavy atom. The van der Waals surface area contributed by atoms with Crippen molar-refractivity contribution in [3.63, 3.8) is 0 Å². The van der Waals surface area contributed by atoms with Crippen molar-refractivity contribution in [2.75, 3.05) is 31.7 Å². The van der Waals surface area contributed by atoms with Crippen LogP contribution in [0.25, 0.3) is 0 Å². The maximum absolute atomic E-state index is 9.01. The molecule has 4 nitrogen and oxygen atoms in total. The fraction of sp³-hybridized carbons (Fsp3) is 0.571. The topological polar surface area (TPSA) is 49.1 Å². The van der Waals surface area contributed by atoms with Gasteiger partial charge in [0.25, 0.3) is 0 Å². The lowest BCUT2D eigenvalue weighted by atomic mass is 10.2. The second-order valence-electron chi connectivity index (χ2n) is 4.80. The lowest BCUT2D eigenvalue weighted by molar-refractivity contribution is 0.204. The van der Waals surface area contributed by atoms with Crippen LogP contribution in [0.4, 0.5) is 5.82 Å². The van der Waals surface area contributed by atoms with E-state index in [1.54, 1.807) is 13.2 Å². The normalized spacial score (nSPS) is 10.4. The molecule has 0 atom stereocenters. The van der Waals surface area contributed by atoms with E-state index in [2.05, 4.69) is 29.8 Å². The van der Waals surface area contributed by atoms with Gasteiger partial charge in [0.15, 0.2) is 0 Å². The van der Waals surface area contributed by atoms with Crippen LogP contribution in [0, 0.1) is 24.2 Å². The zero-order valence-corrected chi connectivity index (χ0v) is 11.6. The Labute approximate surface area is 109 Å². The molecule has 0 N–H and O–H groups in total. The third-order valence-electron chi connectivity index (χ3n) is 2.54. The van der Waals surface area contributed by atoms with Crippen LogP contribution in [-0.2, 0) is 4.74 Å². The van der Waals surface area contributed by atoms with Gasteiger partial charge in [0.1, 0.15) is 5.82 Å². The van der Waals surface area contributed by atoms with Gasteiger partial charge in [-0.1, -0.05) is 13.8 Å². The molecule has 1 rings (SSSR count).